The van der Waals surface area contributed by atoms with E-state index in [0.717, 1.165) is 0 Å². The number of halogens is 1. The molecule has 0 aliphatic rings. The van der Waals surface area contributed by atoms with Crippen molar-refractivity contribution < 1.29 is 0 Å². The van der Waals surface area contributed by atoms with Crippen molar-refractivity contribution in [2.24, 2.45) is 4.99 Å². The fourth-order valence-corrected chi connectivity index (χ4v) is 0.190. The molecule has 0 aromatic heterocycles. The maximum atomic E-state index is 5.22. The zero-order valence-corrected chi connectivity index (χ0v) is 4.65. The van der Waals surface area contributed by atoms with Gasteiger partial charge in [-0.2, -0.15) is 0 Å². The first-order chi connectivity index (χ1) is 3.27. The van der Waals surface area contributed by atoms with Gasteiger partial charge in [0.1, 0.15) is 5.16 Å². The van der Waals surface area contributed by atoms with Crippen LogP contribution in [0.3, 0.4) is 0 Å². The zero-order chi connectivity index (χ0) is 5.70. The van der Waals surface area contributed by atoms with Gasteiger partial charge in [-0.1, -0.05) is 30.8 Å². The summed E-state index contributed by atoms with van der Waals surface area (Å²) in [5, 5.41) is 0.278. The summed E-state index contributed by atoms with van der Waals surface area (Å²) in [6.07, 6.45) is 3.02. The number of nitrogens with zero attached hydrogens (tertiary/aromatic N) is 1. The second-order valence-electron chi connectivity index (χ2n) is 0.890. The van der Waals surface area contributed by atoms with Crippen molar-refractivity contribution in [1.29, 1.82) is 0 Å². The molecule has 0 radical (unpaired) electrons. The van der Waals surface area contributed by atoms with Crippen molar-refractivity contribution in [2.45, 2.75) is 0 Å². The molecule has 2 heteroatoms. The Labute approximate surface area is 48.0 Å². The second-order valence-corrected chi connectivity index (χ2v) is 1.33. The molecule has 0 fully saturated rings. The molecule has 0 aromatic rings. The van der Waals surface area contributed by atoms with E-state index in [1.165, 1.54) is 12.3 Å². The summed E-state index contributed by atoms with van der Waals surface area (Å²) in [7, 11) is 0. The summed E-state index contributed by atoms with van der Waals surface area (Å²) < 4.78 is 0. The van der Waals surface area contributed by atoms with E-state index in [9.17, 15) is 0 Å². The molecule has 0 aliphatic heterocycles. The molecule has 0 aromatic carbocycles. The minimum atomic E-state index is 0.278. The van der Waals surface area contributed by atoms with Crippen molar-refractivity contribution in [3.05, 3.63) is 24.4 Å². The average Bonchev–Trinajstić information content (AvgIpc) is 1.61. The third-order valence-electron chi connectivity index (χ3n) is 0.320. The monoisotopic (exact) mass is 115 g/mol. The summed E-state index contributed by atoms with van der Waals surface area (Å²) in [5.41, 5.74) is 0. The van der Waals surface area contributed by atoms with E-state index in [-0.39, 0.29) is 5.16 Å². The quantitative estimate of drug-likeness (QED) is 0.385. The van der Waals surface area contributed by atoms with Crippen LogP contribution in [0, 0.1) is 0 Å². The molecule has 0 N–H and O–H groups in total. The third kappa shape index (κ3) is 5.44. The molecule has 7 heavy (non-hydrogen) atoms. The minimum absolute atomic E-state index is 0.278. The fraction of sp³-hybridized carbons (Fsp3) is 0. The van der Waals surface area contributed by atoms with Crippen LogP contribution in [-0.4, -0.2) is 6.21 Å². The molecule has 0 saturated carbocycles. The maximum Gasteiger partial charge on any atom is 0.121 e. The molecular formula is C5H6ClN. The van der Waals surface area contributed by atoms with E-state index in [2.05, 4.69) is 18.2 Å². The lowest BCUT2D eigenvalue weighted by Gasteiger charge is -1.74. The van der Waals surface area contributed by atoms with E-state index in [4.69, 9.17) is 11.6 Å². The minimum Gasteiger partial charge on any atom is -0.245 e. The van der Waals surface area contributed by atoms with Crippen LogP contribution in [0.1, 0.15) is 0 Å². The van der Waals surface area contributed by atoms with Gasteiger partial charge < -0.3 is 0 Å². The molecule has 0 bridgehead atoms. The van der Waals surface area contributed by atoms with Crippen molar-refractivity contribution in [1.82, 2.24) is 0 Å². The summed E-state index contributed by atoms with van der Waals surface area (Å²) in [5.74, 6) is 0. The molecule has 1 nitrogen and oxygen atoms in total. The SMILES string of the molecule is C=C/C=N\C(=C)Cl. The first-order valence-corrected chi connectivity index (χ1v) is 2.14. The highest BCUT2D eigenvalue weighted by Gasteiger charge is 1.69. The number of aliphatic imine (C=N–C) groups is 1. The molecule has 0 spiro atoms. The lowest BCUT2D eigenvalue weighted by Crippen LogP contribution is -1.59. The van der Waals surface area contributed by atoms with Gasteiger partial charge in [0.15, 0.2) is 0 Å². The fourth-order valence-electron chi connectivity index (χ4n) is 0.134. The Kier molecular flexibility index (Phi) is 3.33. The summed E-state index contributed by atoms with van der Waals surface area (Å²) >= 11 is 5.22. The van der Waals surface area contributed by atoms with Crippen molar-refractivity contribution >= 4 is 17.8 Å². The smallest absolute Gasteiger partial charge is 0.121 e. The van der Waals surface area contributed by atoms with Crippen LogP contribution in [0.2, 0.25) is 0 Å². The highest BCUT2D eigenvalue weighted by molar-refractivity contribution is 6.29. The van der Waals surface area contributed by atoms with Gasteiger partial charge in [-0.25, -0.2) is 4.99 Å². The van der Waals surface area contributed by atoms with Gasteiger partial charge in [-0.15, -0.1) is 0 Å². The average molecular weight is 116 g/mol. The van der Waals surface area contributed by atoms with E-state index in [0.29, 0.717) is 0 Å². The van der Waals surface area contributed by atoms with Crippen LogP contribution in [0.5, 0.6) is 0 Å². The van der Waals surface area contributed by atoms with E-state index < -0.39 is 0 Å². The molecule has 0 rings (SSSR count). The van der Waals surface area contributed by atoms with Crippen LogP contribution in [0.25, 0.3) is 0 Å². The molecule has 0 aliphatic carbocycles. The molecule has 0 saturated heterocycles. The first kappa shape index (κ1) is 6.44. The summed E-state index contributed by atoms with van der Waals surface area (Å²) in [6.45, 7) is 6.70. The van der Waals surface area contributed by atoms with Crippen LogP contribution in [0.15, 0.2) is 29.4 Å². The summed E-state index contributed by atoms with van der Waals surface area (Å²) in [4.78, 5) is 3.57. The molecular weight excluding hydrogens is 110 g/mol. The number of hydrogen-bond acceptors (Lipinski definition) is 1. The maximum absolute atomic E-state index is 5.22. The molecule has 0 heterocycles. The van der Waals surface area contributed by atoms with Gasteiger partial charge >= 0.3 is 0 Å². The Morgan fingerprint density at radius 1 is 1.71 bits per heavy atom. The topological polar surface area (TPSA) is 12.4 Å². The number of rotatable bonds is 2. The van der Waals surface area contributed by atoms with Crippen LogP contribution in [0.4, 0.5) is 0 Å². The van der Waals surface area contributed by atoms with Gasteiger partial charge in [0.25, 0.3) is 0 Å². The summed E-state index contributed by atoms with van der Waals surface area (Å²) in [6, 6.07) is 0. The molecule has 0 unspecified atom stereocenters. The Balaban J connectivity index is 3.46. The molecule has 0 atom stereocenters. The normalized spacial score (nSPS) is 9.29. The lowest BCUT2D eigenvalue weighted by molar-refractivity contribution is 1.57. The third-order valence-corrected chi connectivity index (χ3v) is 0.418. The highest BCUT2D eigenvalue weighted by Crippen LogP contribution is 1.94. The second kappa shape index (κ2) is 3.62. The van der Waals surface area contributed by atoms with Gasteiger partial charge in [0.05, 0.1) is 0 Å². The van der Waals surface area contributed by atoms with E-state index >= 15 is 0 Å². The standard InChI is InChI=1S/C5H6ClN/c1-3-4-7-5(2)6/h3-4H,1-2H2/b7-4-. The Morgan fingerprint density at radius 3 is 2.43 bits per heavy atom. The van der Waals surface area contributed by atoms with Gasteiger partial charge in [-0.3, -0.25) is 0 Å². The zero-order valence-electron chi connectivity index (χ0n) is 3.89. The van der Waals surface area contributed by atoms with Crippen LogP contribution in [-0.2, 0) is 0 Å². The molecule has 0 amide bonds. The Morgan fingerprint density at radius 2 is 2.29 bits per heavy atom. The predicted octanol–water partition coefficient (Wildman–Crippen LogP) is 1.95. The number of hydrogen-bond donors (Lipinski definition) is 0. The van der Waals surface area contributed by atoms with Crippen molar-refractivity contribution in [3.8, 4) is 0 Å². The Hall–Kier alpha value is -0.560. The van der Waals surface area contributed by atoms with Crippen molar-refractivity contribution in [3.63, 3.8) is 0 Å². The van der Waals surface area contributed by atoms with E-state index in [1.54, 1.807) is 0 Å². The van der Waals surface area contributed by atoms with Crippen molar-refractivity contribution in [2.75, 3.05) is 0 Å². The predicted molar refractivity (Wildman–Crippen MR) is 33.7 cm³/mol. The number of allylic oxidation sites excluding steroid dienone is 1. The highest BCUT2D eigenvalue weighted by atomic mass is 35.5. The largest absolute Gasteiger partial charge is 0.245 e. The Bertz CT molecular complexity index is 105. The van der Waals surface area contributed by atoms with Gasteiger partial charge in [-0.05, 0) is 0 Å². The van der Waals surface area contributed by atoms with Gasteiger partial charge in [0.2, 0.25) is 0 Å². The van der Waals surface area contributed by atoms with E-state index in [1.807, 2.05) is 0 Å². The molecule has 38 valence electrons. The lowest BCUT2D eigenvalue weighted by atomic mass is 10.7. The first-order valence-electron chi connectivity index (χ1n) is 1.77. The van der Waals surface area contributed by atoms with Crippen LogP contribution < -0.4 is 0 Å². The van der Waals surface area contributed by atoms with Gasteiger partial charge in [0, 0.05) is 6.21 Å². The van der Waals surface area contributed by atoms with Crippen LogP contribution >= 0.6 is 11.6 Å².